The van der Waals surface area contributed by atoms with E-state index in [1.165, 1.54) is 22.4 Å². The third-order valence-electron chi connectivity index (χ3n) is 8.07. The first kappa shape index (κ1) is 23.7. The van der Waals surface area contributed by atoms with E-state index in [4.69, 9.17) is 4.99 Å². The Hall–Kier alpha value is -3.64. The highest BCUT2D eigenvalue weighted by Crippen LogP contribution is 2.28. The largest absolute Gasteiger partial charge is 0.369 e. The first-order valence-electron chi connectivity index (χ1n) is 13.5. The number of nitrogens with zero attached hydrogens (tertiary/aromatic N) is 4. The van der Waals surface area contributed by atoms with Crippen LogP contribution in [0.3, 0.4) is 0 Å². The molecule has 0 atom stereocenters. The van der Waals surface area contributed by atoms with Crippen LogP contribution in [0.15, 0.2) is 81.8 Å². The number of allylic oxidation sites excluding steroid dienone is 1. The summed E-state index contributed by atoms with van der Waals surface area (Å²) in [5, 5.41) is 4.64. The van der Waals surface area contributed by atoms with Gasteiger partial charge in [-0.3, -0.25) is 9.36 Å². The molecule has 1 aromatic heterocycles. The van der Waals surface area contributed by atoms with Crippen LogP contribution in [0.1, 0.15) is 36.9 Å². The van der Waals surface area contributed by atoms with Crippen LogP contribution in [-0.2, 0) is 12.8 Å². The van der Waals surface area contributed by atoms with Crippen LogP contribution >= 0.6 is 0 Å². The Labute approximate surface area is 218 Å². The Morgan fingerprint density at radius 2 is 1.62 bits per heavy atom. The molecule has 0 saturated carbocycles. The van der Waals surface area contributed by atoms with Gasteiger partial charge in [0, 0.05) is 54.9 Å². The normalized spacial score (nSPS) is 18.1. The topological polar surface area (TPSA) is 52.9 Å². The highest BCUT2D eigenvalue weighted by Gasteiger charge is 2.25. The summed E-state index contributed by atoms with van der Waals surface area (Å²) in [6.07, 6.45) is 5.67. The van der Waals surface area contributed by atoms with E-state index in [0.717, 1.165) is 74.1 Å². The molecule has 6 rings (SSSR count). The first-order valence-corrected chi connectivity index (χ1v) is 13.5. The van der Waals surface area contributed by atoms with Gasteiger partial charge in [0.2, 0.25) is 0 Å². The average Bonchev–Trinajstić information content (AvgIpc) is 3.26. The minimum atomic E-state index is 0.0181. The molecule has 190 valence electrons. The van der Waals surface area contributed by atoms with E-state index in [1.54, 1.807) is 6.07 Å². The van der Waals surface area contributed by atoms with Gasteiger partial charge < -0.3 is 15.1 Å². The zero-order valence-corrected chi connectivity index (χ0v) is 21.8. The number of likely N-dealkylation sites (N-methyl/N-ethyl adjacent to an activating group) is 1. The third kappa shape index (κ3) is 4.74. The van der Waals surface area contributed by atoms with Crippen molar-refractivity contribution in [2.24, 2.45) is 4.99 Å². The van der Waals surface area contributed by atoms with Crippen molar-refractivity contribution in [3.63, 3.8) is 0 Å². The molecule has 6 nitrogen and oxygen atoms in total. The van der Waals surface area contributed by atoms with Gasteiger partial charge in [-0.2, -0.15) is 0 Å². The van der Waals surface area contributed by atoms with Crippen molar-refractivity contribution in [1.29, 1.82) is 0 Å². The number of nitrogens with one attached hydrogen (secondary N) is 1. The van der Waals surface area contributed by atoms with E-state index >= 15 is 0 Å². The average molecular weight is 494 g/mol. The van der Waals surface area contributed by atoms with Crippen molar-refractivity contribution in [3.05, 3.63) is 104 Å². The Morgan fingerprint density at radius 1 is 0.919 bits per heavy atom. The molecule has 3 aliphatic rings. The summed E-state index contributed by atoms with van der Waals surface area (Å²) in [6, 6.07) is 20.9. The van der Waals surface area contributed by atoms with Gasteiger partial charge in [0.25, 0.3) is 5.56 Å². The maximum Gasteiger partial charge on any atom is 0.252 e. The highest BCUT2D eigenvalue weighted by atomic mass is 16.1. The lowest BCUT2D eigenvalue weighted by Crippen LogP contribution is -2.45. The zero-order valence-electron chi connectivity index (χ0n) is 21.8. The maximum absolute atomic E-state index is 13.2. The lowest BCUT2D eigenvalue weighted by atomic mass is 10.1. The summed E-state index contributed by atoms with van der Waals surface area (Å²) in [7, 11) is 2.18. The molecule has 1 saturated heterocycles. The monoisotopic (exact) mass is 493 g/mol. The van der Waals surface area contributed by atoms with Gasteiger partial charge in [0.05, 0.1) is 0 Å². The molecule has 2 aliphatic heterocycles. The summed E-state index contributed by atoms with van der Waals surface area (Å²) in [6.45, 7) is 6.47. The number of anilines is 2. The van der Waals surface area contributed by atoms with Crippen LogP contribution in [0.5, 0.6) is 0 Å². The van der Waals surface area contributed by atoms with Crippen molar-refractivity contribution < 1.29 is 0 Å². The van der Waals surface area contributed by atoms with E-state index in [-0.39, 0.29) is 11.6 Å². The molecule has 3 aromatic rings. The second-order valence-electron chi connectivity index (χ2n) is 10.4. The number of fused-ring (bicyclic) bond motifs is 2. The van der Waals surface area contributed by atoms with Crippen LogP contribution in [0.4, 0.5) is 11.4 Å². The number of aromatic nitrogens is 1. The van der Waals surface area contributed by atoms with Crippen molar-refractivity contribution >= 4 is 17.5 Å². The van der Waals surface area contributed by atoms with Crippen molar-refractivity contribution in [2.45, 2.75) is 38.6 Å². The molecule has 0 unspecified atom stereocenters. The van der Waals surface area contributed by atoms with Gasteiger partial charge in [-0.05, 0) is 79.8 Å². The minimum absolute atomic E-state index is 0.0181. The van der Waals surface area contributed by atoms with E-state index in [2.05, 4.69) is 83.7 Å². The summed E-state index contributed by atoms with van der Waals surface area (Å²) < 4.78 is 1.93. The van der Waals surface area contributed by atoms with Gasteiger partial charge in [-0.1, -0.05) is 37.3 Å². The van der Waals surface area contributed by atoms with E-state index in [1.807, 2.05) is 10.6 Å². The van der Waals surface area contributed by atoms with E-state index in [9.17, 15) is 4.79 Å². The number of hydrogen-bond acceptors (Lipinski definition) is 5. The van der Waals surface area contributed by atoms with Gasteiger partial charge in [0.1, 0.15) is 11.3 Å². The van der Waals surface area contributed by atoms with E-state index in [0.29, 0.717) is 0 Å². The molecule has 37 heavy (non-hydrogen) atoms. The summed E-state index contributed by atoms with van der Waals surface area (Å²) in [5.41, 5.74) is 6.97. The standard InChI is InChI=1S/C31H35N5O/c1-3-22-8-9-23-10-15-29(37)36(28-20-24-6-4-5-7-25(24)21-28)31(23)33-30(22)32-26-11-13-27(14-12-26)35-18-16-34(2)17-19-35/h4-7,9-15,28,32H,3,8,16-21H2,1-2H3. The second-order valence-corrected chi connectivity index (χ2v) is 10.4. The Balaban J connectivity index is 1.33. The molecule has 0 spiro atoms. The smallest absolute Gasteiger partial charge is 0.252 e. The minimum Gasteiger partial charge on any atom is -0.369 e. The molecule has 1 N–H and O–H groups in total. The molecule has 1 aliphatic carbocycles. The number of pyridine rings is 1. The van der Waals surface area contributed by atoms with Gasteiger partial charge in [0.15, 0.2) is 0 Å². The molecule has 0 amide bonds. The highest BCUT2D eigenvalue weighted by molar-refractivity contribution is 5.58. The molecule has 3 heterocycles. The number of rotatable bonds is 5. The maximum atomic E-state index is 13.2. The van der Waals surface area contributed by atoms with Crippen LogP contribution in [0.25, 0.3) is 6.08 Å². The number of hydrogen-bond donors (Lipinski definition) is 1. The fourth-order valence-electron chi connectivity index (χ4n) is 5.81. The second kappa shape index (κ2) is 10.0. The zero-order chi connectivity index (χ0) is 25.4. The molecular formula is C31H35N5O. The van der Waals surface area contributed by atoms with Gasteiger partial charge in [-0.15, -0.1) is 0 Å². The summed E-state index contributed by atoms with van der Waals surface area (Å²) in [4.78, 5) is 23.2. The van der Waals surface area contributed by atoms with Gasteiger partial charge >= 0.3 is 0 Å². The molecule has 6 heteroatoms. The third-order valence-corrected chi connectivity index (χ3v) is 8.07. The fraction of sp³-hybridized carbons (Fsp3) is 0.355. The first-order chi connectivity index (χ1) is 18.1. The lowest BCUT2D eigenvalue weighted by molar-refractivity contribution is 0.313. The van der Waals surface area contributed by atoms with Crippen molar-refractivity contribution in [2.75, 3.05) is 43.4 Å². The molecule has 2 aromatic carbocycles. The van der Waals surface area contributed by atoms with Crippen LogP contribution in [0.2, 0.25) is 0 Å². The quantitative estimate of drug-likeness (QED) is 0.591. The predicted octanol–water partition coefficient (Wildman–Crippen LogP) is 3.48. The number of benzene rings is 2. The van der Waals surface area contributed by atoms with Crippen molar-refractivity contribution in [1.82, 2.24) is 9.47 Å². The van der Waals surface area contributed by atoms with Crippen LogP contribution in [0, 0.1) is 0 Å². The Morgan fingerprint density at radius 3 is 2.30 bits per heavy atom. The van der Waals surface area contributed by atoms with Crippen LogP contribution in [-0.4, -0.2) is 42.7 Å². The number of piperazine rings is 1. The van der Waals surface area contributed by atoms with Gasteiger partial charge in [-0.25, -0.2) is 4.99 Å². The molecule has 0 radical (unpaired) electrons. The fourth-order valence-corrected chi connectivity index (χ4v) is 5.81. The molecular weight excluding hydrogens is 458 g/mol. The summed E-state index contributed by atoms with van der Waals surface area (Å²) >= 11 is 0. The Kier molecular flexibility index (Phi) is 6.43. The SMILES string of the molecule is CCC1=C(Nc2ccc(N3CCN(C)CC3)cc2)N=c2c(ccc(=O)n2C2Cc3ccccc3C2)=CC1. The van der Waals surface area contributed by atoms with E-state index < -0.39 is 0 Å². The molecule has 1 fully saturated rings. The molecule has 0 bridgehead atoms. The Bertz CT molecular complexity index is 1490. The lowest BCUT2D eigenvalue weighted by Gasteiger charge is -2.34. The predicted molar refractivity (Wildman–Crippen MR) is 151 cm³/mol. The van der Waals surface area contributed by atoms with Crippen LogP contribution < -0.4 is 26.5 Å². The summed E-state index contributed by atoms with van der Waals surface area (Å²) in [5.74, 6) is 0.861. The van der Waals surface area contributed by atoms with Crippen molar-refractivity contribution in [3.8, 4) is 0 Å².